The van der Waals surface area contributed by atoms with E-state index in [4.69, 9.17) is 10.5 Å². The van der Waals surface area contributed by atoms with Gasteiger partial charge in [-0.1, -0.05) is 19.8 Å². The molecule has 0 fully saturated rings. The molecule has 0 radical (unpaired) electrons. The van der Waals surface area contributed by atoms with Gasteiger partial charge in [-0.05, 0) is 29.9 Å². The van der Waals surface area contributed by atoms with E-state index in [2.05, 4.69) is 12.3 Å². The van der Waals surface area contributed by atoms with Crippen molar-refractivity contribution in [2.24, 2.45) is 0 Å². The Bertz CT molecular complexity index is 180. The summed E-state index contributed by atoms with van der Waals surface area (Å²) < 4.78 is 0. The largest absolute Gasteiger partial charge is 0.185 e. The quantitative estimate of drug-likeness (QED) is 0.618. The minimum atomic E-state index is 0.333. The molecule has 2 nitrogen and oxygen atoms in total. The molecule has 1 atom stereocenters. The molecule has 0 saturated carbocycles. The molecule has 0 aromatic rings. The van der Waals surface area contributed by atoms with Crippen molar-refractivity contribution in [3.8, 4) is 10.8 Å². The Morgan fingerprint density at radius 1 is 1.33 bits per heavy atom. The van der Waals surface area contributed by atoms with Crippen LogP contribution in [0.3, 0.4) is 0 Å². The zero-order valence-electron chi connectivity index (χ0n) is 7.12. The number of hydrogen-bond acceptors (Lipinski definition) is 4. The van der Waals surface area contributed by atoms with Gasteiger partial charge in [0.2, 0.25) is 0 Å². The second-order valence-corrected chi connectivity index (χ2v) is 4.27. The Hall–Kier alpha value is -0.320. The van der Waals surface area contributed by atoms with Crippen LogP contribution in [0.4, 0.5) is 0 Å². The van der Waals surface area contributed by atoms with Crippen molar-refractivity contribution < 1.29 is 0 Å². The number of hydrogen-bond donors (Lipinski definition) is 0. The Balaban J connectivity index is 3.57. The maximum atomic E-state index is 8.46. The highest BCUT2D eigenvalue weighted by atomic mass is 32.2. The lowest BCUT2D eigenvalue weighted by Crippen LogP contribution is -2.04. The summed E-state index contributed by atoms with van der Waals surface area (Å²) in [5.41, 5.74) is 0. The first-order chi connectivity index (χ1) is 5.85. The lowest BCUT2D eigenvalue weighted by Gasteiger charge is -2.08. The molecule has 0 aliphatic rings. The fraction of sp³-hybridized carbons (Fsp3) is 0.750. The van der Waals surface area contributed by atoms with Gasteiger partial charge in [-0.2, -0.15) is 10.5 Å². The van der Waals surface area contributed by atoms with Gasteiger partial charge in [-0.25, -0.2) is 0 Å². The van der Waals surface area contributed by atoms with E-state index in [0.29, 0.717) is 5.25 Å². The molecule has 0 aromatic carbocycles. The minimum absolute atomic E-state index is 0.333. The van der Waals surface area contributed by atoms with Crippen LogP contribution < -0.4 is 0 Å². The molecular weight excluding hydrogens is 188 g/mol. The first kappa shape index (κ1) is 11.7. The molecule has 0 aromatic heterocycles. The molecule has 4 heteroatoms. The first-order valence-corrected chi connectivity index (χ1v) is 5.77. The fourth-order valence-corrected chi connectivity index (χ4v) is 2.15. The van der Waals surface area contributed by atoms with E-state index < -0.39 is 0 Å². The molecule has 0 aliphatic heterocycles. The van der Waals surface area contributed by atoms with Gasteiger partial charge in [0.1, 0.15) is 10.8 Å². The van der Waals surface area contributed by atoms with Crippen LogP contribution in [0.2, 0.25) is 0 Å². The van der Waals surface area contributed by atoms with Crippen LogP contribution in [0.1, 0.15) is 26.2 Å². The third-order valence-corrected chi connectivity index (χ3v) is 3.18. The predicted molar refractivity (Wildman–Crippen MR) is 54.6 cm³/mol. The summed E-state index contributed by atoms with van der Waals surface area (Å²) in [6.45, 7) is 2.13. The first-order valence-electron chi connectivity index (χ1n) is 3.90. The molecule has 66 valence electrons. The van der Waals surface area contributed by atoms with Crippen LogP contribution >= 0.6 is 23.5 Å². The van der Waals surface area contributed by atoms with Gasteiger partial charge in [0.05, 0.1) is 0 Å². The number of nitriles is 2. The maximum Gasteiger partial charge on any atom is 0.133 e. The Morgan fingerprint density at radius 3 is 2.58 bits per heavy atom. The Kier molecular flexibility index (Phi) is 8.54. The van der Waals surface area contributed by atoms with Crippen LogP contribution in [-0.4, -0.2) is 11.0 Å². The van der Waals surface area contributed by atoms with E-state index >= 15 is 0 Å². The molecule has 12 heavy (non-hydrogen) atoms. The molecule has 0 N–H and O–H groups in total. The van der Waals surface area contributed by atoms with E-state index in [-0.39, 0.29) is 0 Å². The molecule has 0 bridgehead atoms. The van der Waals surface area contributed by atoms with Gasteiger partial charge in [0.25, 0.3) is 0 Å². The van der Waals surface area contributed by atoms with Crippen molar-refractivity contribution >= 4 is 23.5 Å². The molecule has 0 unspecified atom stereocenters. The standard InChI is InChI=1S/C8H12N2S2/c1-2-3-4-8(12-7-10)5-11-6-9/h8H,2-5H2,1H3/t8-/m1/s1. The zero-order chi connectivity index (χ0) is 9.23. The molecule has 0 heterocycles. The van der Waals surface area contributed by atoms with Crippen molar-refractivity contribution in [2.75, 3.05) is 5.75 Å². The van der Waals surface area contributed by atoms with Gasteiger partial charge in [0.15, 0.2) is 0 Å². The summed E-state index contributed by atoms with van der Waals surface area (Å²) in [5.74, 6) is 0.773. The number of thioether (sulfide) groups is 2. The van der Waals surface area contributed by atoms with Gasteiger partial charge < -0.3 is 0 Å². The third-order valence-electron chi connectivity index (χ3n) is 1.43. The smallest absolute Gasteiger partial charge is 0.133 e. The van der Waals surface area contributed by atoms with Crippen LogP contribution in [-0.2, 0) is 0 Å². The summed E-state index contributed by atoms with van der Waals surface area (Å²) in [7, 11) is 0. The average Bonchev–Trinajstić information content (AvgIpc) is 2.10. The molecule has 0 saturated heterocycles. The van der Waals surface area contributed by atoms with Crippen LogP contribution in [0.25, 0.3) is 0 Å². The highest BCUT2D eigenvalue weighted by Gasteiger charge is 2.08. The molecular formula is C8H12N2S2. The second kappa shape index (κ2) is 8.77. The van der Waals surface area contributed by atoms with E-state index in [1.807, 2.05) is 5.40 Å². The van der Waals surface area contributed by atoms with Crippen LogP contribution in [0.5, 0.6) is 0 Å². The third kappa shape index (κ3) is 6.39. The topological polar surface area (TPSA) is 47.6 Å². The number of unbranched alkanes of at least 4 members (excludes halogenated alkanes) is 1. The molecule has 0 rings (SSSR count). The lowest BCUT2D eigenvalue weighted by molar-refractivity contribution is 0.719. The van der Waals surface area contributed by atoms with Gasteiger partial charge >= 0.3 is 0 Å². The van der Waals surface area contributed by atoms with Crippen molar-refractivity contribution in [1.29, 1.82) is 10.5 Å². The summed E-state index contributed by atoms with van der Waals surface area (Å²) in [5, 5.41) is 21.2. The number of thiocyanates is 2. The van der Waals surface area contributed by atoms with Gasteiger partial charge in [-0.3, -0.25) is 0 Å². The second-order valence-electron chi connectivity index (χ2n) is 2.38. The summed E-state index contributed by atoms with van der Waals surface area (Å²) in [4.78, 5) is 0. The summed E-state index contributed by atoms with van der Waals surface area (Å²) >= 11 is 2.53. The normalized spacial score (nSPS) is 11.6. The SMILES string of the molecule is CCCC[C@H](CSC#N)SC#N. The molecule has 0 aliphatic carbocycles. The average molecular weight is 200 g/mol. The van der Waals surface area contributed by atoms with Crippen molar-refractivity contribution in [1.82, 2.24) is 0 Å². The number of nitrogens with zero attached hydrogens (tertiary/aromatic N) is 2. The lowest BCUT2D eigenvalue weighted by atomic mass is 10.2. The van der Waals surface area contributed by atoms with Crippen molar-refractivity contribution in [3.05, 3.63) is 0 Å². The Morgan fingerprint density at radius 2 is 2.08 bits per heavy atom. The zero-order valence-corrected chi connectivity index (χ0v) is 8.75. The van der Waals surface area contributed by atoms with E-state index in [1.54, 1.807) is 0 Å². The van der Waals surface area contributed by atoms with Crippen LogP contribution in [0, 0.1) is 21.3 Å². The highest BCUT2D eigenvalue weighted by Crippen LogP contribution is 2.20. The Labute approximate surface area is 82.3 Å². The summed E-state index contributed by atoms with van der Waals surface area (Å²) in [6, 6.07) is 0. The monoisotopic (exact) mass is 200 g/mol. The van der Waals surface area contributed by atoms with Crippen LogP contribution in [0.15, 0.2) is 0 Å². The van der Waals surface area contributed by atoms with Gasteiger partial charge in [-0.15, -0.1) is 0 Å². The highest BCUT2D eigenvalue weighted by molar-refractivity contribution is 8.07. The molecule has 0 amide bonds. The van der Waals surface area contributed by atoms with E-state index in [9.17, 15) is 0 Å². The minimum Gasteiger partial charge on any atom is -0.185 e. The van der Waals surface area contributed by atoms with E-state index in [0.717, 1.165) is 25.0 Å². The van der Waals surface area contributed by atoms with Gasteiger partial charge in [0, 0.05) is 11.0 Å². The predicted octanol–water partition coefficient (Wildman–Crippen LogP) is 2.97. The fourth-order valence-electron chi connectivity index (χ4n) is 0.813. The molecule has 0 spiro atoms. The van der Waals surface area contributed by atoms with Crippen molar-refractivity contribution in [2.45, 2.75) is 31.4 Å². The summed E-state index contributed by atoms with van der Waals surface area (Å²) in [6.07, 6.45) is 3.34. The maximum absolute atomic E-state index is 8.46. The number of rotatable bonds is 6. The van der Waals surface area contributed by atoms with Crippen molar-refractivity contribution in [3.63, 3.8) is 0 Å². The van der Waals surface area contributed by atoms with E-state index in [1.165, 1.54) is 23.5 Å².